The summed E-state index contributed by atoms with van der Waals surface area (Å²) in [6.45, 7) is 7.83. The summed E-state index contributed by atoms with van der Waals surface area (Å²) in [6, 6.07) is 10.7. The Bertz CT molecular complexity index is 734. The lowest BCUT2D eigenvalue weighted by molar-refractivity contribution is 0.582. The van der Waals surface area contributed by atoms with Crippen molar-refractivity contribution in [2.24, 2.45) is 4.99 Å². The lowest BCUT2D eigenvalue weighted by Crippen LogP contribution is -2.43. The van der Waals surface area contributed by atoms with Crippen molar-refractivity contribution >= 4 is 17.7 Å². The summed E-state index contributed by atoms with van der Waals surface area (Å²) in [4.78, 5) is 9.30. The highest BCUT2D eigenvalue weighted by Crippen LogP contribution is 2.36. The molecule has 1 aromatic carbocycles. The predicted octanol–water partition coefficient (Wildman–Crippen LogP) is 3.86. The van der Waals surface area contributed by atoms with Gasteiger partial charge in [0.15, 0.2) is 5.96 Å². The second-order valence-corrected chi connectivity index (χ2v) is 9.26. The number of imidazole rings is 1. The van der Waals surface area contributed by atoms with Crippen molar-refractivity contribution in [2.75, 3.05) is 18.8 Å². The van der Waals surface area contributed by atoms with E-state index in [-0.39, 0.29) is 0 Å². The first-order valence-electron chi connectivity index (χ1n) is 10.4. The summed E-state index contributed by atoms with van der Waals surface area (Å²) in [6.07, 6.45) is 8.72. The van der Waals surface area contributed by atoms with Crippen LogP contribution in [0.3, 0.4) is 0 Å². The highest BCUT2D eigenvalue weighted by atomic mass is 32.2. The molecule has 2 N–H and O–H groups in total. The quantitative estimate of drug-likeness (QED) is 0.497. The van der Waals surface area contributed by atoms with Gasteiger partial charge >= 0.3 is 0 Å². The standard InChI is InChI=1S/C22H33N5S/c1-3-23-21(26-18-22(2)12-8-16-28-22)25-17-20-24-13-15-27(20)14-7-11-19-9-5-4-6-10-19/h4-6,9-10,13,15H,3,7-8,11-12,14,16-18H2,1-2H3,(H2,23,25,26). The van der Waals surface area contributed by atoms with Crippen molar-refractivity contribution in [3.63, 3.8) is 0 Å². The highest BCUT2D eigenvalue weighted by Gasteiger charge is 2.29. The number of guanidine groups is 1. The van der Waals surface area contributed by atoms with E-state index < -0.39 is 0 Å². The van der Waals surface area contributed by atoms with Crippen LogP contribution in [-0.4, -0.2) is 39.1 Å². The maximum absolute atomic E-state index is 4.78. The summed E-state index contributed by atoms with van der Waals surface area (Å²) < 4.78 is 2.55. The van der Waals surface area contributed by atoms with Crippen LogP contribution in [-0.2, 0) is 19.5 Å². The molecule has 2 heterocycles. The van der Waals surface area contributed by atoms with E-state index in [2.05, 4.69) is 82.3 Å². The first kappa shape index (κ1) is 20.8. The molecule has 1 fully saturated rings. The normalized spacial score (nSPS) is 19.7. The highest BCUT2D eigenvalue weighted by molar-refractivity contribution is 8.00. The zero-order chi connectivity index (χ0) is 19.7. The number of nitrogens with one attached hydrogen (secondary N) is 2. The third-order valence-corrected chi connectivity index (χ3v) is 6.70. The van der Waals surface area contributed by atoms with E-state index >= 15 is 0 Å². The molecule has 0 saturated carbocycles. The molecular weight excluding hydrogens is 366 g/mol. The average Bonchev–Trinajstić information content (AvgIpc) is 3.34. The van der Waals surface area contributed by atoms with Crippen LogP contribution >= 0.6 is 11.8 Å². The van der Waals surface area contributed by atoms with Crippen LogP contribution in [0.2, 0.25) is 0 Å². The number of aliphatic imine (C=N–C) groups is 1. The summed E-state index contributed by atoms with van der Waals surface area (Å²) in [5.41, 5.74) is 1.39. The number of rotatable bonds is 9. The van der Waals surface area contributed by atoms with Gasteiger partial charge in [0.2, 0.25) is 0 Å². The molecule has 1 aromatic heterocycles. The average molecular weight is 400 g/mol. The van der Waals surface area contributed by atoms with Gasteiger partial charge in [-0.2, -0.15) is 11.8 Å². The molecule has 6 heteroatoms. The minimum atomic E-state index is 0.325. The summed E-state index contributed by atoms with van der Waals surface area (Å²) in [7, 11) is 0. The first-order chi connectivity index (χ1) is 13.7. The molecular formula is C22H33N5S. The van der Waals surface area contributed by atoms with Gasteiger partial charge in [0.05, 0.1) is 0 Å². The van der Waals surface area contributed by atoms with Crippen LogP contribution in [0.5, 0.6) is 0 Å². The first-order valence-corrected chi connectivity index (χ1v) is 11.4. The number of thioether (sulfide) groups is 1. The third kappa shape index (κ3) is 6.30. The van der Waals surface area contributed by atoms with Gasteiger partial charge in [-0.3, -0.25) is 0 Å². The molecule has 2 aromatic rings. The molecule has 1 saturated heterocycles. The molecule has 0 radical (unpaired) electrons. The molecule has 0 bridgehead atoms. The summed E-state index contributed by atoms with van der Waals surface area (Å²) in [5.74, 6) is 3.17. The van der Waals surface area contributed by atoms with Crippen molar-refractivity contribution in [1.82, 2.24) is 20.2 Å². The van der Waals surface area contributed by atoms with E-state index in [9.17, 15) is 0 Å². The molecule has 152 valence electrons. The van der Waals surface area contributed by atoms with Gasteiger partial charge < -0.3 is 15.2 Å². The Morgan fingerprint density at radius 2 is 2.14 bits per heavy atom. The Morgan fingerprint density at radius 1 is 1.29 bits per heavy atom. The third-order valence-electron chi connectivity index (χ3n) is 5.16. The van der Waals surface area contributed by atoms with E-state index in [0.717, 1.165) is 44.3 Å². The minimum Gasteiger partial charge on any atom is -0.357 e. The molecule has 1 unspecified atom stereocenters. The topological polar surface area (TPSA) is 54.2 Å². The molecule has 3 rings (SSSR count). The molecule has 1 atom stereocenters. The fourth-order valence-corrected chi connectivity index (χ4v) is 4.78. The van der Waals surface area contributed by atoms with Gasteiger partial charge in [-0.15, -0.1) is 0 Å². The van der Waals surface area contributed by atoms with Crippen LogP contribution in [0.4, 0.5) is 0 Å². The largest absolute Gasteiger partial charge is 0.357 e. The number of nitrogens with zero attached hydrogens (tertiary/aromatic N) is 3. The van der Waals surface area contributed by atoms with Crippen molar-refractivity contribution in [3.05, 3.63) is 54.1 Å². The van der Waals surface area contributed by atoms with E-state index in [0.29, 0.717) is 11.3 Å². The lowest BCUT2D eigenvalue weighted by atomic mass is 10.1. The Kier molecular flexibility index (Phi) is 7.83. The zero-order valence-corrected chi connectivity index (χ0v) is 18.0. The lowest BCUT2D eigenvalue weighted by Gasteiger charge is -2.24. The molecule has 1 aliphatic rings. The minimum absolute atomic E-state index is 0.325. The maximum Gasteiger partial charge on any atom is 0.191 e. The molecule has 28 heavy (non-hydrogen) atoms. The van der Waals surface area contributed by atoms with E-state index in [4.69, 9.17) is 4.99 Å². The van der Waals surface area contributed by atoms with Crippen LogP contribution in [0.25, 0.3) is 0 Å². The van der Waals surface area contributed by atoms with Crippen LogP contribution in [0, 0.1) is 0 Å². The second-order valence-electron chi connectivity index (χ2n) is 7.58. The number of aromatic nitrogens is 2. The van der Waals surface area contributed by atoms with E-state index in [1.54, 1.807) is 0 Å². The van der Waals surface area contributed by atoms with E-state index in [1.807, 2.05) is 6.20 Å². The van der Waals surface area contributed by atoms with Crippen molar-refractivity contribution in [2.45, 2.75) is 57.4 Å². The summed E-state index contributed by atoms with van der Waals surface area (Å²) >= 11 is 2.07. The predicted molar refractivity (Wildman–Crippen MR) is 120 cm³/mol. The van der Waals surface area contributed by atoms with Crippen molar-refractivity contribution < 1.29 is 0 Å². The monoisotopic (exact) mass is 399 g/mol. The van der Waals surface area contributed by atoms with Crippen LogP contribution in [0.15, 0.2) is 47.7 Å². The zero-order valence-electron chi connectivity index (χ0n) is 17.2. The summed E-state index contributed by atoms with van der Waals surface area (Å²) in [5, 5.41) is 6.89. The number of benzene rings is 1. The number of hydrogen-bond donors (Lipinski definition) is 2. The smallest absolute Gasteiger partial charge is 0.191 e. The van der Waals surface area contributed by atoms with Gasteiger partial charge in [-0.1, -0.05) is 30.3 Å². The number of hydrogen-bond acceptors (Lipinski definition) is 3. The van der Waals surface area contributed by atoms with E-state index in [1.165, 1.54) is 24.2 Å². The SMILES string of the molecule is CCNC(=NCc1nccn1CCCc1ccccc1)NCC1(C)CCCS1. The van der Waals surface area contributed by atoms with Crippen molar-refractivity contribution in [1.29, 1.82) is 0 Å². The molecule has 0 aliphatic carbocycles. The Hall–Kier alpha value is -1.95. The number of aryl methyl sites for hydroxylation is 2. The van der Waals surface area contributed by atoms with Gasteiger partial charge in [-0.25, -0.2) is 9.98 Å². The van der Waals surface area contributed by atoms with Gasteiger partial charge in [-0.05, 0) is 50.8 Å². The van der Waals surface area contributed by atoms with Crippen LogP contribution < -0.4 is 10.6 Å². The molecule has 5 nitrogen and oxygen atoms in total. The molecule has 1 aliphatic heterocycles. The van der Waals surface area contributed by atoms with Gasteiger partial charge in [0, 0.05) is 36.8 Å². The fraction of sp³-hybridized carbons (Fsp3) is 0.545. The van der Waals surface area contributed by atoms with Gasteiger partial charge in [0.1, 0.15) is 12.4 Å². The molecule has 0 spiro atoms. The second kappa shape index (κ2) is 10.6. The van der Waals surface area contributed by atoms with Crippen LogP contribution in [0.1, 0.15) is 44.5 Å². The fourth-order valence-electron chi connectivity index (χ4n) is 3.53. The van der Waals surface area contributed by atoms with Crippen molar-refractivity contribution in [3.8, 4) is 0 Å². The molecule has 0 amide bonds. The Morgan fingerprint density at radius 3 is 2.89 bits per heavy atom. The van der Waals surface area contributed by atoms with Gasteiger partial charge in [0.25, 0.3) is 0 Å². The maximum atomic E-state index is 4.78. The Labute approximate surface area is 173 Å². The Balaban J connectivity index is 1.52.